The number of hydrogen-bond acceptors (Lipinski definition) is 3. The van der Waals surface area contributed by atoms with E-state index in [1.54, 1.807) is 12.3 Å². The molecule has 2 heterocycles. The molecule has 1 amide bonds. The molecule has 1 aromatic heterocycles. The van der Waals surface area contributed by atoms with Gasteiger partial charge >= 0.3 is 0 Å². The fraction of sp³-hybridized carbons (Fsp3) is 0.333. The Labute approximate surface area is 141 Å². The minimum atomic E-state index is 0.0228. The van der Waals surface area contributed by atoms with Crippen molar-refractivity contribution < 1.29 is 4.79 Å². The fourth-order valence-corrected chi connectivity index (χ4v) is 2.87. The van der Waals surface area contributed by atoms with Gasteiger partial charge in [0.2, 0.25) is 0 Å². The van der Waals surface area contributed by atoms with Crippen molar-refractivity contribution in [3.63, 3.8) is 0 Å². The molecule has 0 bridgehead atoms. The summed E-state index contributed by atoms with van der Waals surface area (Å²) in [6.45, 7) is 3.64. The highest BCUT2D eigenvalue weighted by molar-refractivity contribution is 6.31. The second-order valence-corrected chi connectivity index (χ2v) is 6.28. The number of pyridine rings is 1. The van der Waals surface area contributed by atoms with E-state index in [0.29, 0.717) is 5.69 Å². The molecule has 3 rings (SSSR count). The molecular formula is C18H20ClN3O. The lowest BCUT2D eigenvalue weighted by atomic mass is 10.1. The third kappa shape index (κ3) is 3.82. The lowest BCUT2D eigenvalue weighted by molar-refractivity contribution is 0.0718. The topological polar surface area (TPSA) is 45.2 Å². The van der Waals surface area contributed by atoms with Crippen LogP contribution in [-0.2, 0) is 0 Å². The normalized spacial score (nSPS) is 14.6. The van der Waals surface area contributed by atoms with E-state index in [1.165, 1.54) is 6.42 Å². The highest BCUT2D eigenvalue weighted by atomic mass is 35.5. The van der Waals surface area contributed by atoms with Crippen LogP contribution in [0.25, 0.3) is 0 Å². The Morgan fingerprint density at radius 2 is 1.87 bits per heavy atom. The van der Waals surface area contributed by atoms with Crippen LogP contribution in [0, 0.1) is 6.92 Å². The number of likely N-dealkylation sites (tertiary alicyclic amines) is 1. The molecule has 0 unspecified atom stereocenters. The Hall–Kier alpha value is -2.07. The number of nitrogens with one attached hydrogen (secondary N) is 1. The number of halogens is 1. The Morgan fingerprint density at radius 3 is 2.52 bits per heavy atom. The van der Waals surface area contributed by atoms with E-state index >= 15 is 0 Å². The number of rotatable bonds is 3. The van der Waals surface area contributed by atoms with Crippen molar-refractivity contribution in [1.82, 2.24) is 9.88 Å². The first-order chi connectivity index (χ1) is 11.1. The number of carbonyl (C=O) groups excluding carboxylic acids is 1. The van der Waals surface area contributed by atoms with Crippen LogP contribution in [0.4, 0.5) is 11.4 Å². The molecule has 0 aliphatic carbocycles. The molecule has 0 radical (unpaired) electrons. The van der Waals surface area contributed by atoms with Crippen molar-refractivity contribution in [2.24, 2.45) is 0 Å². The van der Waals surface area contributed by atoms with Crippen LogP contribution in [0.3, 0.4) is 0 Å². The average Bonchev–Trinajstić information content (AvgIpc) is 2.59. The maximum absolute atomic E-state index is 12.4. The summed E-state index contributed by atoms with van der Waals surface area (Å²) in [5.74, 6) is 0.0228. The first-order valence-electron chi connectivity index (χ1n) is 7.92. The summed E-state index contributed by atoms with van der Waals surface area (Å²) in [5.41, 5.74) is 3.27. The van der Waals surface area contributed by atoms with Gasteiger partial charge in [-0.15, -0.1) is 0 Å². The van der Waals surface area contributed by atoms with E-state index < -0.39 is 0 Å². The smallest absolute Gasteiger partial charge is 0.272 e. The van der Waals surface area contributed by atoms with E-state index in [9.17, 15) is 4.79 Å². The summed E-state index contributed by atoms with van der Waals surface area (Å²) in [6, 6.07) is 9.46. The number of piperidine rings is 1. The van der Waals surface area contributed by atoms with Gasteiger partial charge in [0.15, 0.2) is 0 Å². The zero-order valence-corrected chi connectivity index (χ0v) is 13.9. The standard InChI is InChI=1S/C18H20ClN3O/c1-13-5-6-14(11-16(13)19)21-15-7-8-17(20-12-15)18(23)22-9-3-2-4-10-22/h5-8,11-12,21H,2-4,9-10H2,1H3. The number of aryl methyl sites for hydroxylation is 1. The third-order valence-corrected chi connectivity index (χ3v) is 4.49. The lowest BCUT2D eigenvalue weighted by Crippen LogP contribution is -2.36. The number of aromatic nitrogens is 1. The van der Waals surface area contributed by atoms with Gasteiger partial charge in [-0.1, -0.05) is 17.7 Å². The van der Waals surface area contributed by atoms with Crippen LogP contribution in [0.5, 0.6) is 0 Å². The number of amides is 1. The van der Waals surface area contributed by atoms with Crippen LogP contribution in [0.1, 0.15) is 35.3 Å². The highest BCUT2D eigenvalue weighted by Gasteiger charge is 2.18. The van der Waals surface area contributed by atoms with Crippen molar-refractivity contribution in [3.8, 4) is 0 Å². The molecule has 1 aromatic carbocycles. The van der Waals surface area contributed by atoms with Gasteiger partial charge in [-0.3, -0.25) is 4.79 Å². The van der Waals surface area contributed by atoms with Crippen LogP contribution in [0.2, 0.25) is 5.02 Å². The molecule has 23 heavy (non-hydrogen) atoms. The maximum Gasteiger partial charge on any atom is 0.272 e. The van der Waals surface area contributed by atoms with Crippen molar-refractivity contribution in [2.75, 3.05) is 18.4 Å². The quantitative estimate of drug-likeness (QED) is 0.907. The number of nitrogens with zero attached hydrogens (tertiary/aromatic N) is 2. The zero-order valence-electron chi connectivity index (χ0n) is 13.2. The van der Waals surface area contributed by atoms with Gasteiger partial charge in [0, 0.05) is 23.8 Å². The van der Waals surface area contributed by atoms with Gasteiger partial charge in [0.1, 0.15) is 5.69 Å². The number of benzene rings is 1. The molecule has 1 fully saturated rings. The zero-order chi connectivity index (χ0) is 16.2. The van der Waals surface area contributed by atoms with E-state index in [-0.39, 0.29) is 5.91 Å². The Balaban J connectivity index is 1.68. The van der Waals surface area contributed by atoms with E-state index in [4.69, 9.17) is 11.6 Å². The fourth-order valence-electron chi connectivity index (χ4n) is 2.69. The molecule has 0 spiro atoms. The van der Waals surface area contributed by atoms with Crippen molar-refractivity contribution >= 4 is 28.9 Å². The maximum atomic E-state index is 12.4. The molecular weight excluding hydrogens is 310 g/mol. The molecule has 1 aliphatic rings. The molecule has 0 saturated carbocycles. The molecule has 1 N–H and O–H groups in total. The van der Waals surface area contributed by atoms with Gasteiger partial charge in [0.25, 0.3) is 5.91 Å². The highest BCUT2D eigenvalue weighted by Crippen LogP contribution is 2.23. The van der Waals surface area contributed by atoms with Crippen LogP contribution < -0.4 is 5.32 Å². The SMILES string of the molecule is Cc1ccc(Nc2ccc(C(=O)N3CCCCC3)nc2)cc1Cl. The molecule has 4 nitrogen and oxygen atoms in total. The van der Waals surface area contributed by atoms with Gasteiger partial charge in [-0.2, -0.15) is 0 Å². The summed E-state index contributed by atoms with van der Waals surface area (Å²) in [4.78, 5) is 18.6. The van der Waals surface area contributed by atoms with E-state index in [2.05, 4.69) is 10.3 Å². The van der Waals surface area contributed by atoms with E-state index in [0.717, 1.165) is 47.9 Å². The predicted octanol–water partition coefficient (Wildman–Crippen LogP) is 4.41. The molecule has 1 saturated heterocycles. The summed E-state index contributed by atoms with van der Waals surface area (Å²) < 4.78 is 0. The number of hydrogen-bond donors (Lipinski definition) is 1. The van der Waals surface area contributed by atoms with E-state index in [1.807, 2.05) is 36.1 Å². The third-order valence-electron chi connectivity index (χ3n) is 4.09. The first-order valence-corrected chi connectivity index (χ1v) is 8.30. The summed E-state index contributed by atoms with van der Waals surface area (Å²) in [7, 11) is 0. The molecule has 0 atom stereocenters. The molecule has 2 aromatic rings. The molecule has 5 heteroatoms. The summed E-state index contributed by atoms with van der Waals surface area (Å²) in [5, 5.41) is 3.97. The predicted molar refractivity (Wildman–Crippen MR) is 93.5 cm³/mol. The van der Waals surface area contributed by atoms with Crippen LogP contribution >= 0.6 is 11.6 Å². The van der Waals surface area contributed by atoms with Crippen molar-refractivity contribution in [2.45, 2.75) is 26.2 Å². The monoisotopic (exact) mass is 329 g/mol. The van der Waals surface area contributed by atoms with Gasteiger partial charge < -0.3 is 10.2 Å². The van der Waals surface area contributed by atoms with Crippen molar-refractivity contribution in [1.29, 1.82) is 0 Å². The average molecular weight is 330 g/mol. The first kappa shape index (κ1) is 15.8. The van der Waals surface area contributed by atoms with Gasteiger partial charge in [-0.05, 0) is 56.0 Å². The minimum absolute atomic E-state index is 0.0228. The van der Waals surface area contributed by atoms with Gasteiger partial charge in [0.05, 0.1) is 11.9 Å². The van der Waals surface area contributed by atoms with Crippen molar-refractivity contribution in [3.05, 3.63) is 52.8 Å². The van der Waals surface area contributed by atoms with Crippen LogP contribution in [-0.4, -0.2) is 28.9 Å². The molecule has 1 aliphatic heterocycles. The second-order valence-electron chi connectivity index (χ2n) is 5.87. The van der Waals surface area contributed by atoms with Gasteiger partial charge in [-0.25, -0.2) is 4.98 Å². The number of carbonyl (C=O) groups is 1. The number of anilines is 2. The summed E-state index contributed by atoms with van der Waals surface area (Å²) >= 11 is 6.13. The lowest BCUT2D eigenvalue weighted by Gasteiger charge is -2.26. The molecule has 120 valence electrons. The summed E-state index contributed by atoms with van der Waals surface area (Å²) in [6.07, 6.45) is 5.06. The Bertz CT molecular complexity index is 694. The second kappa shape index (κ2) is 7.01. The Morgan fingerprint density at radius 1 is 1.13 bits per heavy atom. The van der Waals surface area contributed by atoms with Crippen LogP contribution in [0.15, 0.2) is 36.5 Å². The largest absolute Gasteiger partial charge is 0.354 e. The minimum Gasteiger partial charge on any atom is -0.354 e. The Kier molecular flexibility index (Phi) is 4.82.